The number of nitrogens with zero attached hydrogens (tertiary/aromatic N) is 2. The van der Waals surface area contributed by atoms with E-state index in [9.17, 15) is 4.79 Å². The molecule has 28 heavy (non-hydrogen) atoms. The molecular weight excluding hydrogens is 396 g/mol. The van der Waals surface area contributed by atoms with E-state index in [1.54, 1.807) is 23.3 Å². The minimum atomic E-state index is -0.0799. The quantitative estimate of drug-likeness (QED) is 0.592. The number of aromatic nitrogens is 1. The van der Waals surface area contributed by atoms with E-state index in [4.69, 9.17) is 21.1 Å². The van der Waals surface area contributed by atoms with E-state index in [-0.39, 0.29) is 12.5 Å². The lowest BCUT2D eigenvalue weighted by Gasteiger charge is -2.30. The first-order valence-electron chi connectivity index (χ1n) is 8.89. The van der Waals surface area contributed by atoms with Gasteiger partial charge in [0.25, 0.3) is 5.91 Å². The molecule has 144 valence electrons. The van der Waals surface area contributed by atoms with E-state index in [0.29, 0.717) is 23.9 Å². The molecule has 1 aliphatic rings. The van der Waals surface area contributed by atoms with Gasteiger partial charge in [0.05, 0.1) is 29.5 Å². The molecule has 0 aliphatic carbocycles. The molecule has 5 nitrogen and oxygen atoms in total. The number of halogens is 1. The molecule has 0 atom stereocenters. The van der Waals surface area contributed by atoms with Crippen molar-refractivity contribution in [3.05, 3.63) is 63.4 Å². The summed E-state index contributed by atoms with van der Waals surface area (Å²) in [7, 11) is 1.68. The highest BCUT2D eigenvalue weighted by Gasteiger charge is 2.26. The van der Waals surface area contributed by atoms with Gasteiger partial charge in [0.15, 0.2) is 6.61 Å². The third kappa shape index (κ3) is 4.04. The number of carbonyl (C=O) groups excluding carboxylic acids is 1. The second-order valence-electron chi connectivity index (χ2n) is 6.45. The van der Waals surface area contributed by atoms with Crippen LogP contribution in [0.25, 0.3) is 11.3 Å². The van der Waals surface area contributed by atoms with Crippen molar-refractivity contribution in [2.24, 2.45) is 0 Å². The highest BCUT2D eigenvalue weighted by Crippen LogP contribution is 2.37. The summed E-state index contributed by atoms with van der Waals surface area (Å²) in [5, 5.41) is 3.70. The van der Waals surface area contributed by atoms with Crippen molar-refractivity contribution in [3.8, 4) is 17.0 Å². The molecule has 4 rings (SSSR count). The van der Waals surface area contributed by atoms with Crippen LogP contribution in [0.2, 0.25) is 5.02 Å². The number of hydrogen-bond donors (Lipinski definition) is 0. The van der Waals surface area contributed by atoms with Crippen LogP contribution in [0.5, 0.6) is 5.75 Å². The topological polar surface area (TPSA) is 51.7 Å². The Morgan fingerprint density at radius 2 is 2.18 bits per heavy atom. The number of thiazole rings is 1. The molecule has 7 heteroatoms. The molecular formula is C21H19ClN2O3S. The number of fused-ring (bicyclic) bond motifs is 1. The van der Waals surface area contributed by atoms with Gasteiger partial charge in [0.1, 0.15) is 5.75 Å². The smallest absolute Gasteiger partial charge is 0.265 e. The molecule has 2 heterocycles. The summed E-state index contributed by atoms with van der Waals surface area (Å²) in [5.41, 5.74) is 3.56. The summed E-state index contributed by atoms with van der Waals surface area (Å²) in [6.45, 7) is 1.12. The maximum atomic E-state index is 12.6. The molecule has 0 fully saturated rings. The average Bonchev–Trinajstić information content (AvgIpc) is 3.17. The monoisotopic (exact) mass is 414 g/mol. The molecule has 0 bridgehead atoms. The molecule has 0 saturated carbocycles. The summed E-state index contributed by atoms with van der Waals surface area (Å²) >= 11 is 7.71. The van der Waals surface area contributed by atoms with Crippen LogP contribution in [0.4, 0.5) is 5.69 Å². The molecule has 0 radical (unpaired) electrons. The number of rotatable bonds is 6. The summed E-state index contributed by atoms with van der Waals surface area (Å²) in [5.74, 6) is 0.615. The Hall–Kier alpha value is -2.41. The van der Waals surface area contributed by atoms with Gasteiger partial charge < -0.3 is 14.4 Å². The summed E-state index contributed by atoms with van der Waals surface area (Å²) in [6.07, 6.45) is 0.786. The lowest BCUT2D eigenvalue weighted by Crippen LogP contribution is -2.38. The molecule has 0 unspecified atom stereocenters. The predicted octanol–water partition coefficient (Wildman–Crippen LogP) is 4.58. The highest BCUT2D eigenvalue weighted by molar-refractivity contribution is 7.09. The molecule has 0 saturated heterocycles. The van der Waals surface area contributed by atoms with Gasteiger partial charge in [0.2, 0.25) is 0 Å². The molecule has 1 aromatic heterocycles. The zero-order chi connectivity index (χ0) is 19.5. The number of anilines is 1. The SMILES string of the molecule is COCCc1nc(-c2ccc3c(c2)N(Cc2cccc(Cl)c2)C(=O)CO3)cs1. The maximum absolute atomic E-state index is 12.6. The summed E-state index contributed by atoms with van der Waals surface area (Å²) < 4.78 is 10.7. The number of ether oxygens (including phenoxy) is 2. The van der Waals surface area contributed by atoms with Crippen LogP contribution in [-0.4, -0.2) is 31.2 Å². The van der Waals surface area contributed by atoms with Crippen LogP contribution in [0.15, 0.2) is 47.8 Å². The summed E-state index contributed by atoms with van der Waals surface area (Å²) in [4.78, 5) is 19.0. The molecule has 2 aromatic carbocycles. The number of hydrogen-bond acceptors (Lipinski definition) is 5. The normalized spacial score (nSPS) is 13.4. The van der Waals surface area contributed by atoms with Crippen molar-refractivity contribution < 1.29 is 14.3 Å². The van der Waals surface area contributed by atoms with Gasteiger partial charge in [-0.25, -0.2) is 4.98 Å². The molecule has 0 spiro atoms. The first-order valence-corrected chi connectivity index (χ1v) is 10.1. The Bertz CT molecular complexity index is 1000. The van der Waals surface area contributed by atoms with Crippen molar-refractivity contribution in [3.63, 3.8) is 0 Å². The van der Waals surface area contributed by atoms with Gasteiger partial charge in [-0.3, -0.25) is 4.79 Å². The number of benzene rings is 2. The molecule has 0 N–H and O–H groups in total. The second-order valence-corrected chi connectivity index (χ2v) is 7.83. The second kappa shape index (κ2) is 8.31. The van der Waals surface area contributed by atoms with Gasteiger partial charge in [-0.05, 0) is 35.9 Å². The summed E-state index contributed by atoms with van der Waals surface area (Å²) in [6, 6.07) is 13.4. The van der Waals surface area contributed by atoms with Crippen molar-refractivity contribution in [1.82, 2.24) is 4.98 Å². The third-order valence-corrected chi connectivity index (χ3v) is 5.64. The van der Waals surface area contributed by atoms with Gasteiger partial charge >= 0.3 is 0 Å². The molecule has 1 aliphatic heterocycles. The van der Waals surface area contributed by atoms with Gasteiger partial charge in [-0.15, -0.1) is 11.3 Å². The highest BCUT2D eigenvalue weighted by atomic mass is 35.5. The van der Waals surface area contributed by atoms with E-state index in [1.165, 1.54) is 0 Å². The Kier molecular flexibility index (Phi) is 5.62. The van der Waals surface area contributed by atoms with Crippen molar-refractivity contribution in [2.75, 3.05) is 25.2 Å². The Labute approximate surface area is 172 Å². The minimum Gasteiger partial charge on any atom is -0.482 e. The Morgan fingerprint density at radius 3 is 3.00 bits per heavy atom. The lowest BCUT2D eigenvalue weighted by atomic mass is 10.1. The van der Waals surface area contributed by atoms with Crippen LogP contribution in [0.3, 0.4) is 0 Å². The van der Waals surface area contributed by atoms with Gasteiger partial charge in [0, 0.05) is 29.5 Å². The molecule has 1 amide bonds. The Morgan fingerprint density at radius 1 is 1.29 bits per heavy atom. The standard InChI is InChI=1S/C21H19ClN2O3S/c1-26-8-7-20-23-17(13-28-20)15-5-6-19-18(10-15)24(21(25)12-27-19)11-14-3-2-4-16(22)9-14/h2-6,9-10,13H,7-8,11-12H2,1H3. The molecule has 3 aromatic rings. The van der Waals surface area contributed by atoms with Gasteiger partial charge in [-0.1, -0.05) is 23.7 Å². The van der Waals surface area contributed by atoms with E-state index < -0.39 is 0 Å². The van der Waals surface area contributed by atoms with Crippen LogP contribution < -0.4 is 9.64 Å². The van der Waals surface area contributed by atoms with Crippen LogP contribution in [0, 0.1) is 0 Å². The first kappa shape index (κ1) is 18.9. The first-order chi connectivity index (χ1) is 13.6. The fourth-order valence-corrected chi connectivity index (χ4v) is 4.10. The lowest BCUT2D eigenvalue weighted by molar-refractivity contribution is -0.121. The van der Waals surface area contributed by atoms with E-state index in [2.05, 4.69) is 4.98 Å². The zero-order valence-corrected chi connectivity index (χ0v) is 16.9. The van der Waals surface area contributed by atoms with Crippen LogP contribution >= 0.6 is 22.9 Å². The number of amides is 1. The average molecular weight is 415 g/mol. The fraction of sp³-hybridized carbons (Fsp3) is 0.238. The third-order valence-electron chi connectivity index (χ3n) is 4.50. The van der Waals surface area contributed by atoms with E-state index in [1.807, 2.05) is 47.8 Å². The van der Waals surface area contributed by atoms with Crippen molar-refractivity contribution in [1.29, 1.82) is 0 Å². The minimum absolute atomic E-state index is 0.0325. The largest absolute Gasteiger partial charge is 0.482 e. The van der Waals surface area contributed by atoms with Crippen molar-refractivity contribution >= 4 is 34.5 Å². The fourth-order valence-electron chi connectivity index (χ4n) is 3.10. The number of methoxy groups -OCH3 is 1. The van der Waals surface area contributed by atoms with Gasteiger partial charge in [-0.2, -0.15) is 0 Å². The van der Waals surface area contributed by atoms with E-state index in [0.717, 1.165) is 33.9 Å². The van der Waals surface area contributed by atoms with Crippen LogP contribution in [-0.2, 0) is 22.5 Å². The predicted molar refractivity (Wildman–Crippen MR) is 111 cm³/mol. The van der Waals surface area contributed by atoms with Crippen molar-refractivity contribution in [2.45, 2.75) is 13.0 Å². The van der Waals surface area contributed by atoms with E-state index >= 15 is 0 Å². The number of carbonyl (C=O) groups is 1. The maximum Gasteiger partial charge on any atom is 0.265 e. The Balaban J connectivity index is 1.64. The van der Waals surface area contributed by atoms with Crippen LogP contribution in [0.1, 0.15) is 10.6 Å². The zero-order valence-electron chi connectivity index (χ0n) is 15.4.